The summed E-state index contributed by atoms with van der Waals surface area (Å²) in [5.41, 5.74) is -0.473. The zero-order valence-electron chi connectivity index (χ0n) is 12.7. The fourth-order valence-corrected chi connectivity index (χ4v) is 3.63. The fraction of sp³-hybridized carbons (Fsp3) is 0.933. The number of methoxy groups -OCH3 is 1. The molecule has 0 aromatic heterocycles. The highest BCUT2D eigenvalue weighted by molar-refractivity contribution is 5.80. The Kier molecular flexibility index (Phi) is 4.51. The van der Waals surface area contributed by atoms with Crippen LogP contribution in [0.4, 0.5) is 0 Å². The standard InChI is InChI=1S/C15H28N2O2/c1-11(2)17-7-5-6-12(10-17)13-8-15(3,16-9-13)14(18)19-4/h11-13,16H,5-10H2,1-4H3. The zero-order chi connectivity index (χ0) is 14.0. The van der Waals surface area contributed by atoms with E-state index >= 15 is 0 Å². The van der Waals surface area contributed by atoms with Crippen LogP contribution in [0.1, 0.15) is 40.0 Å². The summed E-state index contributed by atoms with van der Waals surface area (Å²) in [6.45, 7) is 9.87. The average molecular weight is 268 g/mol. The van der Waals surface area contributed by atoms with Crippen molar-refractivity contribution >= 4 is 5.97 Å². The zero-order valence-corrected chi connectivity index (χ0v) is 12.7. The number of nitrogens with zero attached hydrogens (tertiary/aromatic N) is 1. The van der Waals surface area contributed by atoms with Crippen LogP contribution in [0.5, 0.6) is 0 Å². The van der Waals surface area contributed by atoms with Crippen LogP contribution in [0.2, 0.25) is 0 Å². The summed E-state index contributed by atoms with van der Waals surface area (Å²) in [6.07, 6.45) is 3.50. The van der Waals surface area contributed by atoms with Gasteiger partial charge in [-0.05, 0) is 65.0 Å². The van der Waals surface area contributed by atoms with Gasteiger partial charge < -0.3 is 15.0 Å². The van der Waals surface area contributed by atoms with Gasteiger partial charge in [0.05, 0.1) is 7.11 Å². The maximum atomic E-state index is 11.8. The summed E-state index contributed by atoms with van der Waals surface area (Å²) < 4.78 is 4.92. The predicted octanol–water partition coefficient (Wildman–Crippen LogP) is 1.65. The normalized spacial score (nSPS) is 36.7. The molecule has 4 nitrogen and oxygen atoms in total. The van der Waals surface area contributed by atoms with Crippen molar-refractivity contribution in [1.29, 1.82) is 0 Å². The first-order valence-electron chi connectivity index (χ1n) is 7.54. The molecule has 0 saturated carbocycles. The highest BCUT2D eigenvalue weighted by Crippen LogP contribution is 2.35. The molecule has 2 aliphatic rings. The molecule has 0 spiro atoms. The van der Waals surface area contributed by atoms with E-state index in [1.807, 2.05) is 6.92 Å². The van der Waals surface area contributed by atoms with E-state index in [2.05, 4.69) is 24.1 Å². The Morgan fingerprint density at radius 1 is 1.42 bits per heavy atom. The number of piperidine rings is 1. The van der Waals surface area contributed by atoms with Crippen molar-refractivity contribution in [2.24, 2.45) is 11.8 Å². The number of rotatable bonds is 3. The minimum atomic E-state index is -0.473. The van der Waals surface area contributed by atoms with Gasteiger partial charge in [-0.2, -0.15) is 0 Å². The third-order valence-corrected chi connectivity index (χ3v) is 4.95. The Labute approximate surface area is 116 Å². The molecule has 0 radical (unpaired) electrons. The molecule has 2 saturated heterocycles. The van der Waals surface area contributed by atoms with Crippen LogP contribution in [0, 0.1) is 11.8 Å². The van der Waals surface area contributed by atoms with E-state index in [1.165, 1.54) is 33.0 Å². The first kappa shape index (κ1) is 14.8. The fourth-order valence-electron chi connectivity index (χ4n) is 3.63. The molecule has 3 unspecified atom stereocenters. The molecular weight excluding hydrogens is 240 g/mol. The van der Waals surface area contributed by atoms with Crippen LogP contribution in [0.25, 0.3) is 0 Å². The minimum Gasteiger partial charge on any atom is -0.468 e. The number of carbonyl (C=O) groups excluding carboxylic acids is 1. The second-order valence-corrected chi connectivity index (χ2v) is 6.66. The minimum absolute atomic E-state index is 0.119. The molecule has 3 atom stereocenters. The summed E-state index contributed by atoms with van der Waals surface area (Å²) in [5.74, 6) is 1.20. The van der Waals surface area contributed by atoms with Crippen LogP contribution < -0.4 is 5.32 Å². The number of hydrogen-bond donors (Lipinski definition) is 1. The summed E-state index contributed by atoms with van der Waals surface area (Å²) in [6, 6.07) is 0.629. The number of esters is 1. The Morgan fingerprint density at radius 2 is 2.16 bits per heavy atom. The second kappa shape index (κ2) is 5.80. The number of hydrogen-bond acceptors (Lipinski definition) is 4. The number of nitrogens with one attached hydrogen (secondary N) is 1. The Hall–Kier alpha value is -0.610. The molecule has 0 aliphatic carbocycles. The van der Waals surface area contributed by atoms with Gasteiger partial charge in [0, 0.05) is 12.6 Å². The third-order valence-electron chi connectivity index (χ3n) is 4.95. The second-order valence-electron chi connectivity index (χ2n) is 6.66. The summed E-state index contributed by atoms with van der Waals surface area (Å²) >= 11 is 0. The third kappa shape index (κ3) is 3.11. The molecular formula is C15H28N2O2. The highest BCUT2D eigenvalue weighted by atomic mass is 16.5. The molecule has 110 valence electrons. The molecule has 0 aromatic rings. The summed E-state index contributed by atoms with van der Waals surface area (Å²) in [7, 11) is 1.48. The quantitative estimate of drug-likeness (QED) is 0.790. The smallest absolute Gasteiger partial charge is 0.325 e. The molecule has 0 amide bonds. The van der Waals surface area contributed by atoms with Gasteiger partial charge in [-0.15, -0.1) is 0 Å². The van der Waals surface area contributed by atoms with Gasteiger partial charge in [-0.3, -0.25) is 4.79 Å². The van der Waals surface area contributed by atoms with Gasteiger partial charge in [0.15, 0.2) is 0 Å². The number of likely N-dealkylation sites (tertiary alicyclic amines) is 1. The molecule has 2 fully saturated rings. The van der Waals surface area contributed by atoms with Crippen molar-refractivity contribution in [3.05, 3.63) is 0 Å². The van der Waals surface area contributed by atoms with E-state index in [-0.39, 0.29) is 5.97 Å². The van der Waals surface area contributed by atoms with Gasteiger partial charge in [0.2, 0.25) is 0 Å². The maximum absolute atomic E-state index is 11.8. The molecule has 19 heavy (non-hydrogen) atoms. The van der Waals surface area contributed by atoms with E-state index in [0.29, 0.717) is 12.0 Å². The van der Waals surface area contributed by atoms with Crippen LogP contribution in [0.15, 0.2) is 0 Å². The van der Waals surface area contributed by atoms with Crippen LogP contribution in [-0.2, 0) is 9.53 Å². The van der Waals surface area contributed by atoms with Crippen molar-refractivity contribution < 1.29 is 9.53 Å². The first-order valence-corrected chi connectivity index (χ1v) is 7.54. The summed E-state index contributed by atoms with van der Waals surface area (Å²) in [4.78, 5) is 14.4. The number of carbonyl (C=O) groups is 1. The molecule has 4 heteroatoms. The SMILES string of the molecule is COC(=O)C1(C)CC(C2CCCN(C(C)C)C2)CN1. The lowest BCUT2D eigenvalue weighted by atomic mass is 9.81. The Bertz CT molecular complexity index is 332. The van der Waals surface area contributed by atoms with Gasteiger partial charge in [0.25, 0.3) is 0 Å². The number of ether oxygens (including phenoxy) is 1. The molecule has 2 aliphatic heterocycles. The molecule has 2 rings (SSSR count). The highest BCUT2D eigenvalue weighted by Gasteiger charge is 2.44. The molecule has 2 heterocycles. The first-order chi connectivity index (χ1) is 8.96. The van der Waals surface area contributed by atoms with Crippen LogP contribution >= 0.6 is 0 Å². The van der Waals surface area contributed by atoms with Gasteiger partial charge in [-0.1, -0.05) is 0 Å². The lowest BCUT2D eigenvalue weighted by molar-refractivity contribution is -0.147. The largest absolute Gasteiger partial charge is 0.468 e. The van der Waals surface area contributed by atoms with Gasteiger partial charge in [0.1, 0.15) is 5.54 Å². The molecule has 0 aromatic carbocycles. The van der Waals surface area contributed by atoms with Crippen LogP contribution in [-0.4, -0.2) is 49.2 Å². The van der Waals surface area contributed by atoms with Crippen molar-refractivity contribution in [1.82, 2.24) is 10.2 Å². The molecule has 0 bridgehead atoms. The monoisotopic (exact) mass is 268 g/mol. The van der Waals surface area contributed by atoms with E-state index in [1.54, 1.807) is 0 Å². The van der Waals surface area contributed by atoms with E-state index < -0.39 is 5.54 Å². The van der Waals surface area contributed by atoms with Gasteiger partial charge >= 0.3 is 5.97 Å². The van der Waals surface area contributed by atoms with E-state index in [0.717, 1.165) is 18.9 Å². The van der Waals surface area contributed by atoms with Crippen molar-refractivity contribution in [2.45, 2.75) is 51.6 Å². The van der Waals surface area contributed by atoms with Crippen molar-refractivity contribution in [3.8, 4) is 0 Å². The van der Waals surface area contributed by atoms with Crippen molar-refractivity contribution in [2.75, 3.05) is 26.7 Å². The predicted molar refractivity (Wildman–Crippen MR) is 76.0 cm³/mol. The topological polar surface area (TPSA) is 41.6 Å². The van der Waals surface area contributed by atoms with Gasteiger partial charge in [-0.25, -0.2) is 0 Å². The maximum Gasteiger partial charge on any atom is 0.325 e. The average Bonchev–Trinajstić information content (AvgIpc) is 2.82. The van der Waals surface area contributed by atoms with Crippen LogP contribution in [0.3, 0.4) is 0 Å². The lowest BCUT2D eigenvalue weighted by Gasteiger charge is -2.38. The Morgan fingerprint density at radius 3 is 2.79 bits per heavy atom. The Balaban J connectivity index is 1.95. The van der Waals surface area contributed by atoms with E-state index in [4.69, 9.17) is 4.74 Å². The lowest BCUT2D eigenvalue weighted by Crippen LogP contribution is -2.45. The molecule has 1 N–H and O–H groups in total. The van der Waals surface area contributed by atoms with Crippen molar-refractivity contribution in [3.63, 3.8) is 0 Å². The summed E-state index contributed by atoms with van der Waals surface area (Å²) in [5, 5.41) is 3.38. The van der Waals surface area contributed by atoms with E-state index in [9.17, 15) is 4.79 Å².